The molecule has 0 unspecified atom stereocenters. The molecule has 142 valence electrons. The molecular weight excluding hydrogens is 354 g/mol. The van der Waals surface area contributed by atoms with Gasteiger partial charge in [0, 0.05) is 12.1 Å². The van der Waals surface area contributed by atoms with Gasteiger partial charge in [0.05, 0.1) is 29.9 Å². The van der Waals surface area contributed by atoms with Crippen molar-refractivity contribution in [2.24, 2.45) is 0 Å². The van der Waals surface area contributed by atoms with E-state index >= 15 is 0 Å². The van der Waals surface area contributed by atoms with Gasteiger partial charge >= 0.3 is 0 Å². The van der Waals surface area contributed by atoms with Crippen molar-refractivity contribution in [3.8, 4) is 17.2 Å². The zero-order valence-electron chi connectivity index (χ0n) is 15.5. The zero-order valence-corrected chi connectivity index (χ0v) is 16.3. The number of benzene rings is 2. The fourth-order valence-corrected chi connectivity index (χ4v) is 3.38. The first-order chi connectivity index (χ1) is 12.4. The monoisotopic (exact) mass is 379 g/mol. The molecule has 0 bridgehead atoms. The summed E-state index contributed by atoms with van der Waals surface area (Å²) in [6.45, 7) is 8.38. The van der Waals surface area contributed by atoms with E-state index in [1.54, 1.807) is 30.3 Å². The van der Waals surface area contributed by atoms with E-state index in [1.807, 2.05) is 27.7 Å². The van der Waals surface area contributed by atoms with Gasteiger partial charge in [-0.1, -0.05) is 6.07 Å². The van der Waals surface area contributed by atoms with E-state index in [1.165, 1.54) is 12.1 Å². The smallest absolute Gasteiger partial charge is 0.262 e. The van der Waals surface area contributed by atoms with E-state index in [4.69, 9.17) is 14.2 Å². The van der Waals surface area contributed by atoms with Crippen molar-refractivity contribution in [3.63, 3.8) is 0 Å². The maximum atomic E-state index is 12.7. The second-order valence-electron chi connectivity index (χ2n) is 5.77. The van der Waals surface area contributed by atoms with E-state index in [9.17, 15) is 8.42 Å². The lowest BCUT2D eigenvalue weighted by Crippen LogP contribution is -2.14. The van der Waals surface area contributed by atoms with Gasteiger partial charge in [0.1, 0.15) is 5.75 Å². The first-order valence-corrected chi connectivity index (χ1v) is 10.0. The van der Waals surface area contributed by atoms with Crippen LogP contribution in [0.5, 0.6) is 17.2 Å². The first kappa shape index (κ1) is 19.9. The van der Waals surface area contributed by atoms with Gasteiger partial charge in [0.15, 0.2) is 11.5 Å². The molecule has 7 heteroatoms. The van der Waals surface area contributed by atoms with Gasteiger partial charge in [0.2, 0.25) is 0 Å². The van der Waals surface area contributed by atoms with Gasteiger partial charge in [-0.15, -0.1) is 0 Å². The molecule has 0 atom stereocenters. The molecule has 0 spiro atoms. The molecule has 2 aromatic carbocycles. The van der Waals surface area contributed by atoms with Crippen LogP contribution in [0.4, 0.5) is 5.69 Å². The number of hydrogen-bond acceptors (Lipinski definition) is 5. The number of hydrogen-bond donors (Lipinski definition) is 1. The molecule has 0 saturated heterocycles. The summed E-state index contributed by atoms with van der Waals surface area (Å²) < 4.78 is 44.6. The van der Waals surface area contributed by atoms with Crippen molar-refractivity contribution in [2.45, 2.75) is 38.7 Å². The molecule has 0 aliphatic heterocycles. The van der Waals surface area contributed by atoms with Crippen LogP contribution in [-0.4, -0.2) is 27.7 Å². The van der Waals surface area contributed by atoms with Crippen LogP contribution in [0.3, 0.4) is 0 Å². The SMILES string of the molecule is CCOc1ccc(S(=O)(=O)Nc2cccc(OC(C)C)c2)cc1OCC. The molecule has 0 saturated carbocycles. The fraction of sp³-hybridized carbons (Fsp3) is 0.368. The highest BCUT2D eigenvalue weighted by Gasteiger charge is 2.18. The van der Waals surface area contributed by atoms with Crippen LogP contribution >= 0.6 is 0 Å². The summed E-state index contributed by atoms with van der Waals surface area (Å²) in [6, 6.07) is 11.4. The highest BCUT2D eigenvalue weighted by Crippen LogP contribution is 2.31. The van der Waals surface area contributed by atoms with Gasteiger partial charge in [0.25, 0.3) is 10.0 Å². The van der Waals surface area contributed by atoms with Gasteiger partial charge in [-0.25, -0.2) is 8.42 Å². The lowest BCUT2D eigenvalue weighted by molar-refractivity contribution is 0.242. The summed E-state index contributed by atoms with van der Waals surface area (Å²) in [6.07, 6.45) is 0.00159. The predicted molar refractivity (Wildman–Crippen MR) is 102 cm³/mol. The summed E-state index contributed by atoms with van der Waals surface area (Å²) in [5.41, 5.74) is 0.426. The summed E-state index contributed by atoms with van der Waals surface area (Å²) >= 11 is 0. The molecule has 0 aliphatic rings. The highest BCUT2D eigenvalue weighted by molar-refractivity contribution is 7.92. The Hall–Kier alpha value is -2.41. The van der Waals surface area contributed by atoms with Crippen molar-refractivity contribution in [2.75, 3.05) is 17.9 Å². The Morgan fingerprint density at radius 1 is 0.962 bits per heavy atom. The van der Waals surface area contributed by atoms with Crippen molar-refractivity contribution in [1.29, 1.82) is 0 Å². The average molecular weight is 379 g/mol. The quantitative estimate of drug-likeness (QED) is 0.711. The first-order valence-electron chi connectivity index (χ1n) is 8.55. The van der Waals surface area contributed by atoms with E-state index in [0.29, 0.717) is 36.1 Å². The van der Waals surface area contributed by atoms with Gasteiger partial charge in [-0.3, -0.25) is 4.72 Å². The van der Waals surface area contributed by atoms with Crippen LogP contribution in [0.1, 0.15) is 27.7 Å². The molecule has 0 amide bonds. The molecule has 0 aliphatic carbocycles. The molecule has 0 radical (unpaired) electrons. The minimum atomic E-state index is -3.77. The van der Waals surface area contributed by atoms with Gasteiger partial charge in [-0.05, 0) is 52.0 Å². The third-order valence-electron chi connectivity index (χ3n) is 3.28. The minimum Gasteiger partial charge on any atom is -0.491 e. The molecule has 2 rings (SSSR count). The number of nitrogens with one attached hydrogen (secondary N) is 1. The van der Waals surface area contributed by atoms with Crippen LogP contribution in [0.15, 0.2) is 47.4 Å². The molecule has 2 aromatic rings. The number of anilines is 1. The number of sulfonamides is 1. The van der Waals surface area contributed by atoms with Crippen molar-refractivity contribution in [3.05, 3.63) is 42.5 Å². The maximum Gasteiger partial charge on any atom is 0.262 e. The summed E-state index contributed by atoms with van der Waals surface area (Å²) in [4.78, 5) is 0.0968. The van der Waals surface area contributed by atoms with E-state index < -0.39 is 10.0 Å². The van der Waals surface area contributed by atoms with Crippen molar-refractivity contribution in [1.82, 2.24) is 0 Å². The fourth-order valence-electron chi connectivity index (χ4n) is 2.32. The summed E-state index contributed by atoms with van der Waals surface area (Å²) in [5, 5.41) is 0. The Balaban J connectivity index is 2.28. The third-order valence-corrected chi connectivity index (χ3v) is 4.66. The molecule has 26 heavy (non-hydrogen) atoms. The third kappa shape index (κ3) is 5.29. The Labute approximate surface area is 155 Å². The standard InChI is InChI=1S/C19H25NO5S/c1-5-23-18-11-10-17(13-19(18)24-6-2)26(21,22)20-15-8-7-9-16(12-15)25-14(3)4/h7-14,20H,5-6H2,1-4H3. The summed E-state index contributed by atoms with van der Waals surface area (Å²) in [5.74, 6) is 1.51. The summed E-state index contributed by atoms with van der Waals surface area (Å²) in [7, 11) is -3.77. The van der Waals surface area contributed by atoms with Crippen LogP contribution in [0.25, 0.3) is 0 Å². The zero-order chi connectivity index (χ0) is 19.2. The van der Waals surface area contributed by atoms with Crippen LogP contribution in [-0.2, 0) is 10.0 Å². The molecular formula is C19H25NO5S. The van der Waals surface area contributed by atoms with Crippen LogP contribution < -0.4 is 18.9 Å². The molecule has 0 aromatic heterocycles. The highest BCUT2D eigenvalue weighted by atomic mass is 32.2. The maximum absolute atomic E-state index is 12.7. The Morgan fingerprint density at radius 3 is 2.31 bits per heavy atom. The lowest BCUT2D eigenvalue weighted by Gasteiger charge is -2.14. The second kappa shape index (κ2) is 8.80. The van der Waals surface area contributed by atoms with Gasteiger partial charge in [-0.2, -0.15) is 0 Å². The molecule has 0 heterocycles. The lowest BCUT2D eigenvalue weighted by atomic mass is 10.3. The van der Waals surface area contributed by atoms with Gasteiger partial charge < -0.3 is 14.2 Å². The largest absolute Gasteiger partial charge is 0.491 e. The van der Waals surface area contributed by atoms with E-state index in [-0.39, 0.29) is 11.0 Å². The van der Waals surface area contributed by atoms with Crippen molar-refractivity contribution >= 4 is 15.7 Å². The Kier molecular flexibility index (Phi) is 6.74. The Bertz CT molecular complexity index is 834. The number of ether oxygens (including phenoxy) is 3. The number of rotatable bonds is 9. The predicted octanol–water partition coefficient (Wildman–Crippen LogP) is 4.07. The molecule has 1 N–H and O–H groups in total. The normalized spacial score (nSPS) is 11.3. The molecule has 6 nitrogen and oxygen atoms in total. The average Bonchev–Trinajstić information content (AvgIpc) is 2.56. The molecule has 0 fully saturated rings. The Morgan fingerprint density at radius 2 is 1.65 bits per heavy atom. The van der Waals surface area contributed by atoms with Crippen molar-refractivity contribution < 1.29 is 22.6 Å². The van der Waals surface area contributed by atoms with E-state index in [2.05, 4.69) is 4.72 Å². The second-order valence-corrected chi connectivity index (χ2v) is 7.46. The topological polar surface area (TPSA) is 73.9 Å². The van der Waals surface area contributed by atoms with E-state index in [0.717, 1.165) is 0 Å². The van der Waals surface area contributed by atoms with Crippen LogP contribution in [0.2, 0.25) is 0 Å². The van der Waals surface area contributed by atoms with Crippen LogP contribution in [0, 0.1) is 0 Å². The minimum absolute atomic E-state index is 0.00159.